The highest BCUT2D eigenvalue weighted by atomic mass is 19.3. The predicted octanol–water partition coefficient (Wildman–Crippen LogP) is 1.77. The van der Waals surface area contributed by atoms with Gasteiger partial charge >= 0.3 is 6.61 Å². The van der Waals surface area contributed by atoms with Crippen LogP contribution in [0.1, 0.15) is 18.4 Å². The van der Waals surface area contributed by atoms with Crippen molar-refractivity contribution in [2.75, 3.05) is 13.2 Å². The molecule has 2 aliphatic heterocycles. The van der Waals surface area contributed by atoms with Gasteiger partial charge in [-0.25, -0.2) is 4.39 Å². The molecule has 2 fully saturated rings. The van der Waals surface area contributed by atoms with E-state index < -0.39 is 18.0 Å². The Kier molecular flexibility index (Phi) is 3.81. The number of rotatable bonds is 3. The second kappa shape index (κ2) is 5.47. The standard InChI is InChI=1S/C14H16F3NO3/c15-10-2-1-3-11(21-13(16)17)12(10)14(19)4-8-6-20-7-9(5-14)18-8/h1-3,8-9,13,18-19H,4-7H2. The van der Waals surface area contributed by atoms with Crippen LogP contribution in [0.5, 0.6) is 5.75 Å². The smallest absolute Gasteiger partial charge is 0.387 e. The first-order valence-electron chi connectivity index (χ1n) is 6.78. The van der Waals surface area contributed by atoms with E-state index in [-0.39, 0.29) is 36.2 Å². The van der Waals surface area contributed by atoms with Gasteiger partial charge in [0.2, 0.25) is 0 Å². The number of alkyl halides is 2. The number of halogens is 3. The summed E-state index contributed by atoms with van der Waals surface area (Å²) in [4.78, 5) is 0. The fraction of sp³-hybridized carbons (Fsp3) is 0.571. The zero-order chi connectivity index (χ0) is 15.0. The third-order valence-corrected chi connectivity index (χ3v) is 3.93. The van der Waals surface area contributed by atoms with Gasteiger partial charge in [0.1, 0.15) is 11.6 Å². The quantitative estimate of drug-likeness (QED) is 0.893. The first kappa shape index (κ1) is 14.6. The molecule has 2 aliphatic rings. The van der Waals surface area contributed by atoms with Gasteiger partial charge in [0, 0.05) is 12.1 Å². The van der Waals surface area contributed by atoms with Crippen molar-refractivity contribution in [1.29, 1.82) is 0 Å². The van der Waals surface area contributed by atoms with Gasteiger partial charge < -0.3 is 19.9 Å². The zero-order valence-electron chi connectivity index (χ0n) is 11.2. The topological polar surface area (TPSA) is 50.7 Å². The van der Waals surface area contributed by atoms with Crippen molar-refractivity contribution >= 4 is 0 Å². The first-order chi connectivity index (χ1) is 9.98. The van der Waals surface area contributed by atoms with Gasteiger partial charge in [0.05, 0.1) is 24.4 Å². The third kappa shape index (κ3) is 2.86. The summed E-state index contributed by atoms with van der Waals surface area (Å²) in [5, 5.41) is 14.1. The lowest BCUT2D eigenvalue weighted by Crippen LogP contribution is -2.58. The van der Waals surface area contributed by atoms with Crippen molar-refractivity contribution in [3.8, 4) is 5.75 Å². The molecule has 0 saturated carbocycles. The average Bonchev–Trinajstić information content (AvgIpc) is 2.36. The summed E-state index contributed by atoms with van der Waals surface area (Å²) in [7, 11) is 0. The van der Waals surface area contributed by atoms with Crippen LogP contribution in [0, 0.1) is 5.82 Å². The van der Waals surface area contributed by atoms with Crippen molar-refractivity contribution < 1.29 is 27.8 Å². The Morgan fingerprint density at radius 1 is 1.29 bits per heavy atom. The molecule has 2 N–H and O–H groups in total. The molecule has 0 spiro atoms. The van der Waals surface area contributed by atoms with E-state index in [1.807, 2.05) is 0 Å². The lowest BCUT2D eigenvalue weighted by molar-refractivity contribution is -0.0885. The van der Waals surface area contributed by atoms with Gasteiger partial charge in [0.25, 0.3) is 0 Å². The van der Waals surface area contributed by atoms with Gasteiger partial charge in [0.15, 0.2) is 0 Å². The molecule has 2 bridgehead atoms. The summed E-state index contributed by atoms with van der Waals surface area (Å²) in [5.74, 6) is -1.05. The van der Waals surface area contributed by atoms with E-state index >= 15 is 0 Å². The largest absolute Gasteiger partial charge is 0.434 e. The summed E-state index contributed by atoms with van der Waals surface area (Å²) in [6.45, 7) is -2.27. The Hall–Kier alpha value is -1.31. The van der Waals surface area contributed by atoms with Gasteiger partial charge in [-0.2, -0.15) is 8.78 Å². The maximum atomic E-state index is 14.2. The SMILES string of the molecule is OC1(c2c(F)cccc2OC(F)F)CC2COCC(C1)N2. The van der Waals surface area contributed by atoms with E-state index in [4.69, 9.17) is 4.74 Å². The minimum Gasteiger partial charge on any atom is -0.434 e. The highest BCUT2D eigenvalue weighted by Crippen LogP contribution is 2.42. The first-order valence-corrected chi connectivity index (χ1v) is 6.78. The van der Waals surface area contributed by atoms with Crippen LogP contribution in [0.15, 0.2) is 18.2 Å². The number of fused-ring (bicyclic) bond motifs is 2. The Morgan fingerprint density at radius 3 is 2.57 bits per heavy atom. The van der Waals surface area contributed by atoms with E-state index in [0.29, 0.717) is 13.2 Å². The second-order valence-corrected chi connectivity index (χ2v) is 5.53. The van der Waals surface area contributed by atoms with Crippen LogP contribution in [0.3, 0.4) is 0 Å². The Balaban J connectivity index is 1.98. The molecule has 21 heavy (non-hydrogen) atoms. The highest BCUT2D eigenvalue weighted by molar-refractivity contribution is 5.40. The van der Waals surface area contributed by atoms with Crippen molar-refractivity contribution in [3.63, 3.8) is 0 Å². The number of aliphatic hydroxyl groups is 1. The minimum atomic E-state index is -3.07. The molecule has 2 unspecified atom stereocenters. The van der Waals surface area contributed by atoms with Crippen LogP contribution in [-0.2, 0) is 10.3 Å². The number of benzene rings is 1. The molecule has 2 saturated heterocycles. The Labute approximate surface area is 119 Å². The molecule has 0 amide bonds. The Morgan fingerprint density at radius 2 is 1.95 bits per heavy atom. The van der Waals surface area contributed by atoms with Gasteiger partial charge in [-0.15, -0.1) is 0 Å². The number of ether oxygens (including phenoxy) is 2. The van der Waals surface area contributed by atoms with Gasteiger partial charge in [-0.1, -0.05) is 6.07 Å². The minimum absolute atomic E-state index is 0.137. The van der Waals surface area contributed by atoms with E-state index in [0.717, 1.165) is 6.07 Å². The monoisotopic (exact) mass is 303 g/mol. The van der Waals surface area contributed by atoms with Crippen LogP contribution in [0.4, 0.5) is 13.2 Å². The molecular formula is C14H16F3NO3. The van der Waals surface area contributed by atoms with Crippen LogP contribution in [0.25, 0.3) is 0 Å². The van der Waals surface area contributed by atoms with Crippen molar-refractivity contribution in [3.05, 3.63) is 29.6 Å². The predicted molar refractivity (Wildman–Crippen MR) is 67.7 cm³/mol. The fourth-order valence-corrected chi connectivity index (χ4v) is 3.27. The maximum Gasteiger partial charge on any atom is 0.387 e. The molecule has 116 valence electrons. The number of hydrogen-bond donors (Lipinski definition) is 2. The van der Waals surface area contributed by atoms with E-state index in [2.05, 4.69) is 10.1 Å². The van der Waals surface area contributed by atoms with Crippen molar-refractivity contribution in [2.24, 2.45) is 0 Å². The van der Waals surface area contributed by atoms with E-state index in [1.165, 1.54) is 12.1 Å². The molecule has 7 heteroatoms. The molecular weight excluding hydrogens is 287 g/mol. The zero-order valence-corrected chi connectivity index (χ0v) is 11.2. The van der Waals surface area contributed by atoms with Crippen LogP contribution >= 0.6 is 0 Å². The van der Waals surface area contributed by atoms with Gasteiger partial charge in [-0.3, -0.25) is 0 Å². The summed E-state index contributed by atoms with van der Waals surface area (Å²) in [6, 6.07) is 3.39. The van der Waals surface area contributed by atoms with Crippen molar-refractivity contribution in [2.45, 2.75) is 37.1 Å². The number of hydrogen-bond acceptors (Lipinski definition) is 4. The summed E-state index contributed by atoms with van der Waals surface area (Å²) in [6.07, 6.45) is 0.369. The molecule has 2 atom stereocenters. The maximum absolute atomic E-state index is 14.2. The fourth-order valence-electron chi connectivity index (χ4n) is 3.27. The molecule has 2 heterocycles. The number of piperidine rings is 1. The average molecular weight is 303 g/mol. The molecule has 1 aromatic carbocycles. The Bertz CT molecular complexity index is 514. The normalized spacial score (nSPS) is 32.2. The number of morpholine rings is 1. The second-order valence-electron chi connectivity index (χ2n) is 5.53. The molecule has 1 aromatic rings. The summed E-state index contributed by atoms with van der Waals surface area (Å²) >= 11 is 0. The van der Waals surface area contributed by atoms with Crippen molar-refractivity contribution in [1.82, 2.24) is 5.32 Å². The molecule has 0 aliphatic carbocycles. The lowest BCUT2D eigenvalue weighted by atomic mass is 9.77. The molecule has 4 nitrogen and oxygen atoms in total. The van der Waals surface area contributed by atoms with E-state index in [1.54, 1.807) is 0 Å². The molecule has 0 radical (unpaired) electrons. The van der Waals surface area contributed by atoms with Crippen LogP contribution in [-0.4, -0.2) is 37.0 Å². The summed E-state index contributed by atoms with van der Waals surface area (Å²) < 4.78 is 48.9. The molecule has 3 rings (SSSR count). The van der Waals surface area contributed by atoms with Gasteiger partial charge in [-0.05, 0) is 25.0 Å². The number of nitrogens with one attached hydrogen (secondary N) is 1. The van der Waals surface area contributed by atoms with Crippen LogP contribution in [0.2, 0.25) is 0 Å². The summed E-state index contributed by atoms with van der Waals surface area (Å²) in [5.41, 5.74) is -1.73. The lowest BCUT2D eigenvalue weighted by Gasteiger charge is -2.45. The van der Waals surface area contributed by atoms with Crippen LogP contribution < -0.4 is 10.1 Å². The third-order valence-electron chi connectivity index (χ3n) is 3.93. The molecule has 0 aromatic heterocycles. The highest BCUT2D eigenvalue weighted by Gasteiger charge is 2.45. The van der Waals surface area contributed by atoms with E-state index in [9.17, 15) is 18.3 Å².